The third-order valence-electron chi connectivity index (χ3n) is 3.82. The number of aliphatic imine (C=N–C) groups is 1. The number of hydrogen-bond donors (Lipinski definition) is 2. The van der Waals surface area contributed by atoms with E-state index in [-0.39, 0.29) is 6.54 Å². The van der Waals surface area contributed by atoms with Gasteiger partial charge in [0.25, 0.3) is 0 Å². The largest absolute Gasteiger partial charge is 0.493 e. The van der Waals surface area contributed by atoms with E-state index in [1.165, 1.54) is 6.26 Å². The van der Waals surface area contributed by atoms with E-state index in [0.29, 0.717) is 25.7 Å². The molecule has 8 heteroatoms. The Labute approximate surface area is 157 Å². The highest BCUT2D eigenvalue weighted by Crippen LogP contribution is 2.18. The van der Waals surface area contributed by atoms with Crippen molar-refractivity contribution in [3.8, 4) is 5.75 Å². The van der Waals surface area contributed by atoms with Crippen LogP contribution in [0.1, 0.15) is 27.2 Å². The minimum absolute atomic E-state index is 0.161. The van der Waals surface area contributed by atoms with Gasteiger partial charge in [-0.1, -0.05) is 6.07 Å². The summed E-state index contributed by atoms with van der Waals surface area (Å²) >= 11 is 0. The number of rotatable bonds is 10. The van der Waals surface area contributed by atoms with Gasteiger partial charge >= 0.3 is 0 Å². The van der Waals surface area contributed by atoms with Crippen LogP contribution in [0.3, 0.4) is 0 Å². The van der Waals surface area contributed by atoms with Crippen molar-refractivity contribution < 1.29 is 17.9 Å². The van der Waals surface area contributed by atoms with Gasteiger partial charge < -0.3 is 20.1 Å². The molecule has 0 aliphatic carbocycles. The average molecular weight is 386 g/mol. The molecule has 0 saturated carbocycles. The van der Waals surface area contributed by atoms with Gasteiger partial charge in [-0.05, 0) is 32.9 Å². The van der Waals surface area contributed by atoms with Crippen LogP contribution in [0, 0.1) is 0 Å². The van der Waals surface area contributed by atoms with Crippen molar-refractivity contribution in [2.24, 2.45) is 4.99 Å². The highest BCUT2D eigenvalue weighted by atomic mass is 32.2. The second kappa shape index (κ2) is 10.4. The monoisotopic (exact) mass is 385 g/mol. The van der Waals surface area contributed by atoms with E-state index in [9.17, 15) is 8.42 Å². The van der Waals surface area contributed by atoms with Gasteiger partial charge in [0.15, 0.2) is 15.8 Å². The molecule has 1 aromatic rings. The van der Waals surface area contributed by atoms with Gasteiger partial charge in [0.05, 0.1) is 17.9 Å². The molecular weight excluding hydrogens is 354 g/mol. The van der Waals surface area contributed by atoms with Gasteiger partial charge in [-0.15, -0.1) is 0 Å². The number of nitrogens with one attached hydrogen (secondary N) is 2. The summed E-state index contributed by atoms with van der Waals surface area (Å²) in [5.41, 5.74) is 0.811. The number of hydrogen-bond acceptors (Lipinski definition) is 5. The third kappa shape index (κ3) is 7.61. The van der Waals surface area contributed by atoms with Gasteiger partial charge in [-0.25, -0.2) is 8.42 Å². The van der Waals surface area contributed by atoms with E-state index in [1.54, 1.807) is 21.0 Å². The molecule has 0 fully saturated rings. The molecule has 0 unspecified atom stereocenters. The molecule has 0 radical (unpaired) electrons. The van der Waals surface area contributed by atoms with E-state index in [1.807, 2.05) is 31.2 Å². The van der Waals surface area contributed by atoms with Gasteiger partial charge in [0.1, 0.15) is 5.75 Å². The van der Waals surface area contributed by atoms with E-state index in [2.05, 4.69) is 15.6 Å². The summed E-state index contributed by atoms with van der Waals surface area (Å²) < 4.78 is 33.4. The molecule has 0 bridgehead atoms. The molecule has 0 spiro atoms. The lowest BCUT2D eigenvalue weighted by Gasteiger charge is -2.21. The zero-order chi connectivity index (χ0) is 19.6. The minimum Gasteiger partial charge on any atom is -0.493 e. The average Bonchev–Trinajstić information content (AvgIpc) is 2.56. The van der Waals surface area contributed by atoms with Crippen LogP contribution >= 0.6 is 0 Å². The first-order valence-electron chi connectivity index (χ1n) is 8.66. The first kappa shape index (κ1) is 22.2. The van der Waals surface area contributed by atoms with Crippen molar-refractivity contribution >= 4 is 21.5 Å². The standard InChI is InChI=1S/C18H31N3O4S/c1-6-19-17(20-14-18(2,3)26(5,22)23)21-15-9-7-10-16(13-15)25-12-8-11-24-4/h7,9-10,13H,6,8,11-12,14H2,1-5H3,(H2,19,20,21). The van der Waals surface area contributed by atoms with Gasteiger partial charge in [0.2, 0.25) is 0 Å². The normalized spacial score (nSPS) is 12.7. The molecule has 0 heterocycles. The van der Waals surface area contributed by atoms with Crippen molar-refractivity contribution in [1.82, 2.24) is 5.32 Å². The van der Waals surface area contributed by atoms with Crippen molar-refractivity contribution in [2.75, 3.05) is 45.0 Å². The summed E-state index contributed by atoms with van der Waals surface area (Å²) in [4.78, 5) is 4.42. The lowest BCUT2D eigenvalue weighted by atomic mass is 10.2. The van der Waals surface area contributed by atoms with Crippen LogP contribution in [0.4, 0.5) is 5.69 Å². The number of benzene rings is 1. The Morgan fingerprint density at radius 2 is 2.00 bits per heavy atom. The molecule has 148 valence electrons. The highest BCUT2D eigenvalue weighted by Gasteiger charge is 2.29. The molecule has 0 saturated heterocycles. The quantitative estimate of drug-likeness (QED) is 0.365. The van der Waals surface area contributed by atoms with Crippen LogP contribution in [0.5, 0.6) is 5.75 Å². The molecule has 1 aromatic carbocycles. The maximum absolute atomic E-state index is 11.8. The van der Waals surface area contributed by atoms with E-state index in [0.717, 1.165) is 17.9 Å². The lowest BCUT2D eigenvalue weighted by Crippen LogP contribution is -2.37. The first-order chi connectivity index (χ1) is 12.2. The molecule has 0 aliphatic rings. The molecular formula is C18H31N3O4S. The van der Waals surface area contributed by atoms with Crippen molar-refractivity contribution in [2.45, 2.75) is 31.9 Å². The van der Waals surface area contributed by atoms with E-state index < -0.39 is 14.6 Å². The Kier molecular flexibility index (Phi) is 8.87. The highest BCUT2D eigenvalue weighted by molar-refractivity contribution is 7.92. The lowest BCUT2D eigenvalue weighted by molar-refractivity contribution is 0.172. The molecule has 0 aliphatic heterocycles. The summed E-state index contributed by atoms with van der Waals surface area (Å²) in [7, 11) is -1.54. The summed E-state index contributed by atoms with van der Waals surface area (Å²) in [5.74, 6) is 1.28. The van der Waals surface area contributed by atoms with Gasteiger partial charge in [0, 0.05) is 44.7 Å². The molecule has 0 amide bonds. The Balaban J connectivity index is 2.79. The van der Waals surface area contributed by atoms with Crippen LogP contribution in [-0.2, 0) is 14.6 Å². The minimum atomic E-state index is -3.20. The van der Waals surface area contributed by atoms with Crippen LogP contribution in [0.25, 0.3) is 0 Å². The van der Waals surface area contributed by atoms with Gasteiger partial charge in [-0.3, -0.25) is 4.99 Å². The fraction of sp³-hybridized carbons (Fsp3) is 0.611. The Morgan fingerprint density at radius 3 is 2.62 bits per heavy atom. The molecule has 0 atom stereocenters. The fourth-order valence-electron chi connectivity index (χ4n) is 1.89. The predicted molar refractivity (Wildman–Crippen MR) is 107 cm³/mol. The Morgan fingerprint density at radius 1 is 1.27 bits per heavy atom. The number of nitrogens with zero attached hydrogens (tertiary/aromatic N) is 1. The van der Waals surface area contributed by atoms with Crippen molar-refractivity contribution in [3.05, 3.63) is 24.3 Å². The number of guanidine groups is 1. The zero-order valence-corrected chi connectivity index (χ0v) is 17.1. The SMILES string of the molecule is CCNC(=NCC(C)(C)S(C)(=O)=O)Nc1cccc(OCCCOC)c1. The zero-order valence-electron chi connectivity index (χ0n) is 16.3. The smallest absolute Gasteiger partial charge is 0.195 e. The Hall–Kier alpha value is -1.80. The molecule has 7 nitrogen and oxygen atoms in total. The van der Waals surface area contributed by atoms with Crippen LogP contribution < -0.4 is 15.4 Å². The second-order valence-corrected chi connectivity index (χ2v) is 9.22. The molecule has 0 aromatic heterocycles. The summed E-state index contributed by atoms with van der Waals surface area (Å²) in [6.45, 7) is 7.36. The summed E-state index contributed by atoms with van der Waals surface area (Å²) in [5, 5.41) is 6.31. The summed E-state index contributed by atoms with van der Waals surface area (Å²) in [6.07, 6.45) is 2.05. The molecule has 1 rings (SSSR count). The van der Waals surface area contributed by atoms with Crippen LogP contribution in [0.15, 0.2) is 29.3 Å². The topological polar surface area (TPSA) is 89.0 Å². The van der Waals surface area contributed by atoms with Crippen LogP contribution in [-0.4, -0.2) is 58.8 Å². The predicted octanol–water partition coefficient (Wildman–Crippen LogP) is 2.30. The number of sulfone groups is 1. The number of anilines is 1. The van der Waals surface area contributed by atoms with E-state index >= 15 is 0 Å². The number of methoxy groups -OCH3 is 1. The second-order valence-electron chi connectivity index (χ2n) is 6.57. The first-order valence-corrected chi connectivity index (χ1v) is 10.6. The van der Waals surface area contributed by atoms with Crippen LogP contribution in [0.2, 0.25) is 0 Å². The fourth-order valence-corrected chi connectivity index (χ4v) is 2.19. The molecule has 26 heavy (non-hydrogen) atoms. The van der Waals surface area contributed by atoms with E-state index in [4.69, 9.17) is 9.47 Å². The van der Waals surface area contributed by atoms with Crippen molar-refractivity contribution in [3.63, 3.8) is 0 Å². The maximum Gasteiger partial charge on any atom is 0.195 e. The molecule has 2 N–H and O–H groups in total. The summed E-state index contributed by atoms with van der Waals surface area (Å²) in [6, 6.07) is 7.55. The number of ether oxygens (including phenoxy) is 2. The Bertz CT molecular complexity index is 687. The van der Waals surface area contributed by atoms with Gasteiger partial charge in [-0.2, -0.15) is 0 Å². The third-order valence-corrected chi connectivity index (χ3v) is 5.96. The van der Waals surface area contributed by atoms with Crippen molar-refractivity contribution in [1.29, 1.82) is 0 Å². The maximum atomic E-state index is 11.8.